The van der Waals surface area contributed by atoms with E-state index in [9.17, 15) is 14.7 Å². The van der Waals surface area contributed by atoms with E-state index < -0.39 is 17.7 Å². The number of amides is 1. The molecule has 1 atom stereocenters. The van der Waals surface area contributed by atoms with E-state index in [1.54, 1.807) is 29.2 Å². The average Bonchev–Trinajstić information content (AvgIpc) is 3.01. The lowest BCUT2D eigenvalue weighted by Gasteiger charge is -2.27. The number of aliphatic hydroxyl groups excluding tert-OH is 1. The molecule has 1 saturated heterocycles. The minimum atomic E-state index is -0.669. The third kappa shape index (κ3) is 4.64. The van der Waals surface area contributed by atoms with Crippen LogP contribution in [0, 0.1) is 0 Å². The van der Waals surface area contributed by atoms with Gasteiger partial charge in [0.2, 0.25) is 0 Å². The third-order valence-corrected chi connectivity index (χ3v) is 5.59. The Hall–Kier alpha value is -3.12. The summed E-state index contributed by atoms with van der Waals surface area (Å²) in [4.78, 5) is 29.5. The Morgan fingerprint density at radius 1 is 1.13 bits per heavy atom. The molecule has 1 heterocycles. The number of aliphatic hydroxyl groups is 1. The number of likely N-dealkylation sites (N-methyl/N-ethyl adjacent to an activating group) is 1. The molecule has 1 aliphatic heterocycles. The van der Waals surface area contributed by atoms with Crippen LogP contribution in [0.2, 0.25) is 0 Å². The lowest BCUT2D eigenvalue weighted by atomic mass is 9.93. The van der Waals surface area contributed by atoms with Crippen molar-refractivity contribution < 1.29 is 19.4 Å². The largest absolute Gasteiger partial charge is 0.507 e. The van der Waals surface area contributed by atoms with Gasteiger partial charge in [-0.25, -0.2) is 0 Å². The number of methoxy groups -OCH3 is 1. The number of carbonyl (C=O) groups excluding carboxylic acids is 2. The second-order valence-corrected chi connectivity index (χ2v) is 8.35. The number of ketones is 1. The predicted molar refractivity (Wildman–Crippen MR) is 121 cm³/mol. The Morgan fingerprint density at radius 2 is 1.81 bits per heavy atom. The summed E-state index contributed by atoms with van der Waals surface area (Å²) >= 11 is 0. The Kier molecular flexibility index (Phi) is 6.81. The molecule has 6 heteroatoms. The van der Waals surface area contributed by atoms with Crippen LogP contribution in [0.1, 0.15) is 42.5 Å². The number of hydrogen-bond donors (Lipinski definition) is 1. The highest BCUT2D eigenvalue weighted by Gasteiger charge is 2.45. The van der Waals surface area contributed by atoms with Gasteiger partial charge in [0.05, 0.1) is 18.7 Å². The molecule has 1 amide bonds. The second kappa shape index (κ2) is 9.35. The van der Waals surface area contributed by atoms with Crippen molar-refractivity contribution in [2.45, 2.75) is 25.8 Å². The maximum absolute atomic E-state index is 13.0. The normalized spacial score (nSPS) is 18.3. The van der Waals surface area contributed by atoms with Crippen molar-refractivity contribution in [2.75, 3.05) is 34.3 Å². The molecule has 0 bridgehead atoms. The molecule has 3 rings (SSSR count). The first kappa shape index (κ1) is 22.6. The molecule has 2 aromatic carbocycles. The Bertz CT molecular complexity index is 993. The number of rotatable bonds is 7. The van der Waals surface area contributed by atoms with Gasteiger partial charge in [0.15, 0.2) is 0 Å². The minimum absolute atomic E-state index is 0.106. The van der Waals surface area contributed by atoms with E-state index in [0.717, 1.165) is 5.56 Å². The summed E-state index contributed by atoms with van der Waals surface area (Å²) in [6, 6.07) is 14.1. The SMILES string of the molecule is COc1cccc(/C(O)=C2\C(=O)C(=O)N(CCN(C)C)[C@H]2c2ccc(C(C)C)cc2)c1. The van der Waals surface area contributed by atoms with E-state index in [0.29, 0.717) is 30.3 Å². The molecule has 1 N–H and O–H groups in total. The smallest absolute Gasteiger partial charge is 0.295 e. The molecular weight excluding hydrogens is 392 g/mol. The van der Waals surface area contributed by atoms with E-state index >= 15 is 0 Å². The van der Waals surface area contributed by atoms with Crippen LogP contribution in [0.25, 0.3) is 5.76 Å². The lowest BCUT2D eigenvalue weighted by Crippen LogP contribution is -2.35. The van der Waals surface area contributed by atoms with Gasteiger partial charge in [-0.2, -0.15) is 0 Å². The zero-order chi connectivity index (χ0) is 22.7. The molecular formula is C25H30N2O4. The van der Waals surface area contributed by atoms with Crippen LogP contribution in [-0.4, -0.2) is 60.9 Å². The van der Waals surface area contributed by atoms with Crippen LogP contribution in [0.15, 0.2) is 54.1 Å². The Balaban J connectivity index is 2.13. The summed E-state index contributed by atoms with van der Waals surface area (Å²) in [6.45, 7) is 5.21. The van der Waals surface area contributed by atoms with Gasteiger partial charge in [-0.3, -0.25) is 9.59 Å². The highest BCUT2D eigenvalue weighted by molar-refractivity contribution is 6.46. The molecule has 2 aromatic rings. The number of hydrogen-bond acceptors (Lipinski definition) is 5. The van der Waals surface area contributed by atoms with E-state index in [4.69, 9.17) is 4.74 Å². The molecule has 1 fully saturated rings. The molecule has 6 nitrogen and oxygen atoms in total. The maximum atomic E-state index is 13.0. The Labute approximate surface area is 183 Å². The maximum Gasteiger partial charge on any atom is 0.295 e. The first-order valence-corrected chi connectivity index (χ1v) is 10.4. The molecule has 164 valence electrons. The van der Waals surface area contributed by atoms with Crippen molar-refractivity contribution in [3.8, 4) is 5.75 Å². The molecule has 0 saturated carbocycles. The van der Waals surface area contributed by atoms with E-state index in [1.165, 1.54) is 12.7 Å². The molecule has 31 heavy (non-hydrogen) atoms. The van der Waals surface area contributed by atoms with Gasteiger partial charge >= 0.3 is 0 Å². The van der Waals surface area contributed by atoms with Crippen LogP contribution >= 0.6 is 0 Å². The summed E-state index contributed by atoms with van der Waals surface area (Å²) in [7, 11) is 5.37. The fourth-order valence-corrected chi connectivity index (χ4v) is 3.75. The molecule has 0 unspecified atom stereocenters. The first-order valence-electron chi connectivity index (χ1n) is 10.4. The number of carbonyl (C=O) groups is 2. The van der Waals surface area contributed by atoms with Gasteiger partial charge < -0.3 is 19.6 Å². The number of Topliss-reactive ketones (excluding diaryl/α,β-unsaturated/α-hetero) is 1. The average molecular weight is 423 g/mol. The predicted octanol–water partition coefficient (Wildman–Crippen LogP) is 3.80. The standard InChI is InChI=1S/C25H30N2O4/c1-16(2)17-9-11-18(12-10-17)22-21(23(28)19-7-6-8-20(15-19)31-5)24(29)25(30)27(22)14-13-26(3)4/h6-12,15-16,22,28H,13-14H2,1-5H3/b23-21+/t22-/m0/s1. The fraction of sp³-hybridized carbons (Fsp3) is 0.360. The highest BCUT2D eigenvalue weighted by atomic mass is 16.5. The van der Waals surface area contributed by atoms with Crippen LogP contribution < -0.4 is 4.74 Å². The van der Waals surface area contributed by atoms with E-state index in [-0.39, 0.29) is 11.3 Å². The zero-order valence-corrected chi connectivity index (χ0v) is 18.8. The van der Waals surface area contributed by atoms with Crippen molar-refractivity contribution >= 4 is 17.4 Å². The quantitative estimate of drug-likeness (QED) is 0.418. The summed E-state index contributed by atoms with van der Waals surface area (Å²) in [5.74, 6) is -0.529. The van der Waals surface area contributed by atoms with E-state index in [2.05, 4.69) is 13.8 Å². The van der Waals surface area contributed by atoms with Gasteiger partial charge in [-0.15, -0.1) is 0 Å². The topological polar surface area (TPSA) is 70.1 Å². The summed E-state index contributed by atoms with van der Waals surface area (Å²) in [5, 5.41) is 11.1. The second-order valence-electron chi connectivity index (χ2n) is 8.35. The van der Waals surface area contributed by atoms with Crippen molar-refractivity contribution in [2.24, 2.45) is 0 Å². The third-order valence-electron chi connectivity index (χ3n) is 5.59. The minimum Gasteiger partial charge on any atom is -0.507 e. The van der Waals surface area contributed by atoms with Crippen LogP contribution in [0.4, 0.5) is 0 Å². The van der Waals surface area contributed by atoms with Crippen LogP contribution in [-0.2, 0) is 9.59 Å². The number of benzene rings is 2. The van der Waals surface area contributed by atoms with Crippen LogP contribution in [0.5, 0.6) is 5.75 Å². The molecule has 0 aliphatic carbocycles. The van der Waals surface area contributed by atoms with Crippen molar-refractivity contribution in [1.29, 1.82) is 0 Å². The number of likely N-dealkylation sites (tertiary alicyclic amines) is 1. The van der Waals surface area contributed by atoms with Gasteiger partial charge in [-0.1, -0.05) is 50.2 Å². The first-order chi connectivity index (χ1) is 14.7. The molecule has 0 aromatic heterocycles. The van der Waals surface area contributed by atoms with Gasteiger partial charge in [0, 0.05) is 18.7 Å². The molecule has 0 spiro atoms. The summed E-state index contributed by atoms with van der Waals surface area (Å²) in [5.41, 5.74) is 2.51. The van der Waals surface area contributed by atoms with Gasteiger partial charge in [0.25, 0.3) is 11.7 Å². The summed E-state index contributed by atoms with van der Waals surface area (Å²) < 4.78 is 5.25. The van der Waals surface area contributed by atoms with Gasteiger partial charge in [-0.05, 0) is 43.3 Å². The highest BCUT2D eigenvalue weighted by Crippen LogP contribution is 2.39. The van der Waals surface area contributed by atoms with Crippen molar-refractivity contribution in [1.82, 2.24) is 9.80 Å². The Morgan fingerprint density at radius 3 is 2.39 bits per heavy atom. The number of ether oxygens (including phenoxy) is 1. The fourth-order valence-electron chi connectivity index (χ4n) is 3.75. The molecule has 0 radical (unpaired) electrons. The molecule has 1 aliphatic rings. The monoisotopic (exact) mass is 422 g/mol. The summed E-state index contributed by atoms with van der Waals surface area (Å²) in [6.07, 6.45) is 0. The van der Waals surface area contributed by atoms with Crippen molar-refractivity contribution in [3.05, 3.63) is 70.8 Å². The van der Waals surface area contributed by atoms with E-state index in [1.807, 2.05) is 43.3 Å². The number of nitrogens with zero attached hydrogens (tertiary/aromatic N) is 2. The van der Waals surface area contributed by atoms with Gasteiger partial charge in [0.1, 0.15) is 11.5 Å². The van der Waals surface area contributed by atoms with Crippen LogP contribution in [0.3, 0.4) is 0 Å². The zero-order valence-electron chi connectivity index (χ0n) is 18.8. The van der Waals surface area contributed by atoms with Crippen molar-refractivity contribution in [3.63, 3.8) is 0 Å². The lowest BCUT2D eigenvalue weighted by molar-refractivity contribution is -0.140.